The van der Waals surface area contributed by atoms with Crippen LogP contribution in [0.25, 0.3) is 0 Å². The third-order valence-corrected chi connectivity index (χ3v) is 5.94. The molecule has 1 aliphatic rings. The van der Waals surface area contributed by atoms with Crippen LogP contribution in [0.5, 0.6) is 11.5 Å². The molecular formula is C24H38N4O10. The van der Waals surface area contributed by atoms with Crippen LogP contribution in [0.4, 0.5) is 14.4 Å². The summed E-state index contributed by atoms with van der Waals surface area (Å²) in [4.78, 5) is 40.0. The van der Waals surface area contributed by atoms with E-state index < -0.39 is 18.3 Å². The lowest BCUT2D eigenvalue weighted by molar-refractivity contribution is 0.0271. The molecule has 0 spiro atoms. The van der Waals surface area contributed by atoms with E-state index in [1.54, 1.807) is 7.11 Å². The molecule has 2 rings (SSSR count). The zero-order valence-electron chi connectivity index (χ0n) is 21.7. The van der Waals surface area contributed by atoms with Gasteiger partial charge in [0.15, 0.2) is 11.5 Å². The van der Waals surface area contributed by atoms with Crippen LogP contribution in [0.3, 0.4) is 0 Å². The van der Waals surface area contributed by atoms with Crippen molar-refractivity contribution in [3.05, 3.63) is 24.3 Å². The van der Waals surface area contributed by atoms with Gasteiger partial charge in [-0.15, -0.1) is 0 Å². The SMILES string of the molecule is COc1ccccc1OCCOCCOCCN1CCN(C(=O)O)CCN(C(=O)O)CCN(C(=O)O)CC1. The molecule has 3 amide bonds. The van der Waals surface area contributed by atoms with Gasteiger partial charge in [-0.1, -0.05) is 12.1 Å². The van der Waals surface area contributed by atoms with E-state index in [2.05, 4.69) is 0 Å². The van der Waals surface area contributed by atoms with Crippen molar-refractivity contribution in [3.63, 3.8) is 0 Å². The number of para-hydroxylation sites is 2. The second-order valence-corrected chi connectivity index (χ2v) is 8.37. The molecule has 0 unspecified atom stereocenters. The van der Waals surface area contributed by atoms with Gasteiger partial charge in [0, 0.05) is 58.9 Å². The fraction of sp³-hybridized carbons (Fsp3) is 0.625. The zero-order chi connectivity index (χ0) is 27.8. The lowest BCUT2D eigenvalue weighted by Crippen LogP contribution is -2.49. The van der Waals surface area contributed by atoms with Crippen molar-refractivity contribution in [2.75, 3.05) is 99.0 Å². The lowest BCUT2D eigenvalue weighted by Gasteiger charge is -2.32. The fourth-order valence-electron chi connectivity index (χ4n) is 3.72. The van der Waals surface area contributed by atoms with Crippen molar-refractivity contribution < 1.29 is 48.7 Å². The molecule has 1 heterocycles. The highest BCUT2D eigenvalue weighted by molar-refractivity contribution is 5.67. The van der Waals surface area contributed by atoms with Crippen molar-refractivity contribution in [1.29, 1.82) is 0 Å². The Kier molecular flexibility index (Phi) is 13.8. The number of amides is 3. The normalized spacial score (nSPS) is 15.9. The van der Waals surface area contributed by atoms with Crippen LogP contribution in [-0.2, 0) is 9.47 Å². The molecule has 0 aromatic heterocycles. The number of methoxy groups -OCH3 is 1. The fourth-order valence-corrected chi connectivity index (χ4v) is 3.72. The minimum atomic E-state index is -1.22. The van der Waals surface area contributed by atoms with Gasteiger partial charge >= 0.3 is 18.3 Å². The average molecular weight is 543 g/mol. The minimum absolute atomic E-state index is 0.00283. The van der Waals surface area contributed by atoms with Crippen LogP contribution < -0.4 is 9.47 Å². The molecule has 0 atom stereocenters. The van der Waals surface area contributed by atoms with E-state index in [4.69, 9.17) is 18.9 Å². The van der Waals surface area contributed by atoms with E-state index in [9.17, 15) is 29.7 Å². The number of hydrogen-bond acceptors (Lipinski definition) is 8. The molecule has 38 heavy (non-hydrogen) atoms. The van der Waals surface area contributed by atoms with Crippen molar-refractivity contribution >= 4 is 18.3 Å². The summed E-state index contributed by atoms with van der Waals surface area (Å²) < 4.78 is 22.0. The Morgan fingerprint density at radius 2 is 1.08 bits per heavy atom. The molecular weight excluding hydrogens is 504 g/mol. The van der Waals surface area contributed by atoms with Gasteiger partial charge in [-0.3, -0.25) is 4.90 Å². The van der Waals surface area contributed by atoms with Gasteiger partial charge in [0.2, 0.25) is 0 Å². The van der Waals surface area contributed by atoms with Crippen molar-refractivity contribution in [3.8, 4) is 11.5 Å². The van der Waals surface area contributed by atoms with Crippen molar-refractivity contribution in [2.24, 2.45) is 0 Å². The van der Waals surface area contributed by atoms with E-state index in [0.29, 0.717) is 64.2 Å². The number of carboxylic acid groups (broad SMARTS) is 3. The molecule has 1 aromatic rings. The van der Waals surface area contributed by atoms with Crippen LogP contribution >= 0.6 is 0 Å². The van der Waals surface area contributed by atoms with Gasteiger partial charge in [0.1, 0.15) is 6.61 Å². The molecule has 0 aliphatic carbocycles. The van der Waals surface area contributed by atoms with Gasteiger partial charge in [-0.05, 0) is 12.1 Å². The quantitative estimate of drug-likeness (QED) is 0.346. The Bertz CT molecular complexity index is 844. The van der Waals surface area contributed by atoms with Gasteiger partial charge < -0.3 is 49.0 Å². The first kappa shape index (κ1) is 30.7. The van der Waals surface area contributed by atoms with Crippen LogP contribution in [0.1, 0.15) is 0 Å². The predicted molar refractivity (Wildman–Crippen MR) is 135 cm³/mol. The number of hydrogen-bond donors (Lipinski definition) is 3. The summed E-state index contributed by atoms with van der Waals surface area (Å²) in [6.45, 7) is 3.23. The van der Waals surface area contributed by atoms with Crippen LogP contribution in [0, 0.1) is 0 Å². The molecule has 14 heteroatoms. The molecule has 214 valence electrons. The molecule has 14 nitrogen and oxygen atoms in total. The van der Waals surface area contributed by atoms with Gasteiger partial charge in [0.25, 0.3) is 0 Å². The number of nitrogens with zero attached hydrogens (tertiary/aromatic N) is 4. The highest BCUT2D eigenvalue weighted by Gasteiger charge is 2.22. The van der Waals surface area contributed by atoms with Gasteiger partial charge in [0.05, 0.1) is 33.5 Å². The molecule has 1 aliphatic heterocycles. The average Bonchev–Trinajstić information content (AvgIpc) is 2.88. The molecule has 0 saturated carbocycles. The maximum Gasteiger partial charge on any atom is 0.407 e. The standard InChI is InChI=1S/C24H38N4O10/c1-35-20-4-2-3-5-21(20)38-19-18-37-17-16-36-15-14-25-6-8-26(22(29)30)10-12-28(24(33)34)13-11-27(9-7-25)23(31)32/h2-5H,6-19H2,1H3,(H,29,30)(H,31,32)(H,33,34). The second-order valence-electron chi connectivity index (χ2n) is 8.37. The first-order chi connectivity index (χ1) is 18.3. The Labute approximate surface area is 221 Å². The lowest BCUT2D eigenvalue weighted by atomic mass is 10.3. The highest BCUT2D eigenvalue weighted by Crippen LogP contribution is 2.25. The van der Waals surface area contributed by atoms with Crippen LogP contribution in [0.15, 0.2) is 24.3 Å². The topological polar surface area (TPSA) is 162 Å². The Hall–Kier alpha value is -3.49. The Morgan fingerprint density at radius 3 is 1.55 bits per heavy atom. The second kappa shape index (κ2) is 17.1. The van der Waals surface area contributed by atoms with E-state index in [1.807, 2.05) is 29.2 Å². The summed E-state index contributed by atoms with van der Waals surface area (Å²) in [6.07, 6.45) is -3.49. The molecule has 1 saturated heterocycles. The summed E-state index contributed by atoms with van der Waals surface area (Å²) in [7, 11) is 1.58. The van der Waals surface area contributed by atoms with E-state index in [1.165, 1.54) is 9.80 Å². The third kappa shape index (κ3) is 11.3. The summed E-state index contributed by atoms with van der Waals surface area (Å²) in [5, 5.41) is 28.3. The zero-order valence-corrected chi connectivity index (χ0v) is 21.7. The predicted octanol–water partition coefficient (Wildman–Crippen LogP) is 1.36. The largest absolute Gasteiger partial charge is 0.493 e. The van der Waals surface area contributed by atoms with Gasteiger partial charge in [-0.25, -0.2) is 14.4 Å². The summed E-state index contributed by atoms with van der Waals surface area (Å²) >= 11 is 0. The highest BCUT2D eigenvalue weighted by atomic mass is 16.6. The number of carbonyl (C=O) groups is 3. The van der Waals surface area contributed by atoms with Crippen molar-refractivity contribution in [1.82, 2.24) is 19.6 Å². The minimum Gasteiger partial charge on any atom is -0.493 e. The van der Waals surface area contributed by atoms with Crippen LogP contribution in [-0.4, -0.2) is 152 Å². The first-order valence-electron chi connectivity index (χ1n) is 12.4. The summed E-state index contributed by atoms with van der Waals surface area (Å²) in [5.41, 5.74) is 0. The van der Waals surface area contributed by atoms with Crippen LogP contribution in [0.2, 0.25) is 0 Å². The number of rotatable bonds is 11. The molecule has 0 bridgehead atoms. The number of ether oxygens (including phenoxy) is 4. The maximum atomic E-state index is 11.6. The first-order valence-corrected chi connectivity index (χ1v) is 12.4. The maximum absolute atomic E-state index is 11.6. The summed E-state index contributed by atoms with van der Waals surface area (Å²) in [5.74, 6) is 1.29. The summed E-state index contributed by atoms with van der Waals surface area (Å²) in [6, 6.07) is 7.34. The monoisotopic (exact) mass is 542 g/mol. The molecule has 1 aromatic carbocycles. The Balaban J connectivity index is 1.74. The van der Waals surface area contributed by atoms with Crippen molar-refractivity contribution in [2.45, 2.75) is 0 Å². The number of benzene rings is 1. The van der Waals surface area contributed by atoms with E-state index in [-0.39, 0.29) is 39.3 Å². The molecule has 3 N–H and O–H groups in total. The van der Waals surface area contributed by atoms with E-state index in [0.717, 1.165) is 4.90 Å². The van der Waals surface area contributed by atoms with E-state index >= 15 is 0 Å². The molecule has 0 radical (unpaired) electrons. The third-order valence-electron chi connectivity index (χ3n) is 5.94. The molecule has 1 fully saturated rings. The smallest absolute Gasteiger partial charge is 0.407 e. The van der Waals surface area contributed by atoms with Gasteiger partial charge in [-0.2, -0.15) is 0 Å². The Morgan fingerprint density at radius 1 is 0.658 bits per heavy atom.